The Labute approximate surface area is 124 Å². The number of rotatable bonds is 3. The molecule has 0 unspecified atom stereocenters. The number of nitrogens with two attached hydrogens (primary N) is 1. The van der Waals surface area contributed by atoms with E-state index in [0.717, 1.165) is 0 Å². The van der Waals surface area contributed by atoms with Crippen LogP contribution < -0.4 is 27.5 Å². The molecular weight excluding hydrogens is 343 g/mol. The van der Waals surface area contributed by atoms with Crippen LogP contribution in [-0.2, 0) is 6.54 Å². The van der Waals surface area contributed by atoms with E-state index in [1.54, 1.807) is 12.1 Å². The molecule has 0 aliphatic heterocycles. The molecule has 0 atom stereocenters. The zero-order valence-corrected chi connectivity index (χ0v) is 12.2. The summed E-state index contributed by atoms with van der Waals surface area (Å²) in [6.07, 6.45) is 2.90. The van der Waals surface area contributed by atoms with Gasteiger partial charge in [0.05, 0.1) is 5.02 Å². The SMILES string of the molecule is N[n+]1cnn(CC(=O)c2ccc(Cl)cc2Cl)c1.[Br-]. The fourth-order valence-corrected chi connectivity index (χ4v) is 1.88. The normalized spacial score (nSPS) is 9.89. The number of benzene rings is 1. The molecule has 1 aromatic carbocycles. The minimum absolute atomic E-state index is 0. The molecule has 0 fully saturated rings. The summed E-state index contributed by atoms with van der Waals surface area (Å²) in [5, 5.41) is 4.71. The minimum Gasteiger partial charge on any atom is -1.00 e. The first-order chi connectivity index (χ1) is 8.06. The Hall–Kier alpha value is -1.11. The Morgan fingerprint density at radius 1 is 1.44 bits per heavy atom. The molecule has 2 aromatic rings. The summed E-state index contributed by atoms with van der Waals surface area (Å²) in [5.74, 6) is 5.26. The van der Waals surface area contributed by atoms with Crippen molar-refractivity contribution in [1.29, 1.82) is 0 Å². The minimum atomic E-state index is -0.157. The van der Waals surface area contributed by atoms with Gasteiger partial charge in [-0.2, -0.15) is 0 Å². The monoisotopic (exact) mass is 350 g/mol. The summed E-state index contributed by atoms with van der Waals surface area (Å²) in [4.78, 5) is 11.9. The van der Waals surface area contributed by atoms with Gasteiger partial charge in [0.25, 0.3) is 6.33 Å². The van der Waals surface area contributed by atoms with Crippen LogP contribution >= 0.6 is 23.2 Å². The van der Waals surface area contributed by atoms with Crippen LogP contribution in [0.1, 0.15) is 10.4 Å². The Bertz CT molecular complexity index is 573. The van der Waals surface area contributed by atoms with Crippen LogP contribution in [-0.4, -0.2) is 15.6 Å². The molecule has 2 rings (SSSR count). The summed E-state index contributed by atoms with van der Waals surface area (Å²) in [6.45, 7) is 0.0750. The van der Waals surface area contributed by atoms with E-state index in [9.17, 15) is 4.79 Å². The largest absolute Gasteiger partial charge is 1.00 e. The molecule has 18 heavy (non-hydrogen) atoms. The third kappa shape index (κ3) is 3.44. The van der Waals surface area contributed by atoms with Gasteiger partial charge in [0.2, 0.25) is 12.1 Å². The second-order valence-corrected chi connectivity index (χ2v) is 4.28. The van der Waals surface area contributed by atoms with Crippen LogP contribution in [0.25, 0.3) is 0 Å². The molecule has 0 radical (unpaired) electrons. The van der Waals surface area contributed by atoms with Crippen molar-refractivity contribution in [3.05, 3.63) is 46.5 Å². The Balaban J connectivity index is 0.00000162. The summed E-state index contributed by atoms with van der Waals surface area (Å²) < 4.78 is 2.68. The van der Waals surface area contributed by atoms with Gasteiger partial charge < -0.3 is 17.0 Å². The predicted molar refractivity (Wildman–Crippen MR) is 63.4 cm³/mol. The molecule has 8 heteroatoms. The molecule has 0 saturated carbocycles. The molecule has 0 bridgehead atoms. The third-order valence-corrected chi connectivity index (χ3v) is 2.68. The average Bonchev–Trinajstić information content (AvgIpc) is 2.63. The number of aromatic nitrogens is 3. The molecule has 96 valence electrons. The highest BCUT2D eigenvalue weighted by atomic mass is 79.9. The van der Waals surface area contributed by atoms with Gasteiger partial charge >= 0.3 is 0 Å². The number of hydrogen-bond donors (Lipinski definition) is 1. The molecule has 2 N–H and O–H groups in total. The molecule has 0 spiro atoms. The lowest BCUT2D eigenvalue weighted by molar-refractivity contribution is -0.639. The molecular formula is C10H9BrCl2N4O. The van der Waals surface area contributed by atoms with Crippen LogP contribution in [0.3, 0.4) is 0 Å². The lowest BCUT2D eigenvalue weighted by atomic mass is 10.1. The van der Waals surface area contributed by atoms with E-state index < -0.39 is 0 Å². The summed E-state index contributed by atoms with van der Waals surface area (Å²) in [6, 6.07) is 4.74. The van der Waals surface area contributed by atoms with Gasteiger partial charge in [-0.3, -0.25) is 10.6 Å². The van der Waals surface area contributed by atoms with Gasteiger partial charge in [-0.15, -0.1) is 9.36 Å². The maximum Gasteiger partial charge on any atom is 0.286 e. The zero-order chi connectivity index (χ0) is 12.4. The van der Waals surface area contributed by atoms with Crippen molar-refractivity contribution < 1.29 is 26.5 Å². The smallest absolute Gasteiger partial charge is 0.286 e. The van der Waals surface area contributed by atoms with Crippen LogP contribution in [0, 0.1) is 0 Å². The number of ketones is 1. The number of halogens is 3. The summed E-state index contributed by atoms with van der Waals surface area (Å²) >= 11 is 11.7. The summed E-state index contributed by atoms with van der Waals surface area (Å²) in [5.41, 5.74) is 0.412. The second kappa shape index (κ2) is 6.17. The van der Waals surface area contributed by atoms with E-state index in [0.29, 0.717) is 15.6 Å². The standard InChI is InChI=1S/C10H9Cl2N4O.BrH/c11-7-1-2-8(9(12)3-7)10(17)4-16-6-15(13)5-14-16;/h1-3,5-6H,4,13H2;1H/q+1;/p-1. The zero-order valence-electron chi connectivity index (χ0n) is 9.05. The maximum absolute atomic E-state index is 11.9. The van der Waals surface area contributed by atoms with Crippen LogP contribution in [0.4, 0.5) is 0 Å². The van der Waals surface area contributed by atoms with E-state index >= 15 is 0 Å². The first-order valence-electron chi connectivity index (χ1n) is 4.73. The summed E-state index contributed by atoms with van der Waals surface area (Å²) in [7, 11) is 0. The molecule has 0 saturated heterocycles. The number of nitrogens with zero attached hydrogens (tertiary/aromatic N) is 3. The van der Waals surface area contributed by atoms with Gasteiger partial charge in [-0.05, 0) is 18.2 Å². The fourth-order valence-electron chi connectivity index (χ4n) is 1.37. The molecule has 0 aliphatic rings. The van der Waals surface area contributed by atoms with Crippen molar-refractivity contribution in [2.75, 3.05) is 5.84 Å². The van der Waals surface area contributed by atoms with Crippen LogP contribution in [0.2, 0.25) is 10.0 Å². The van der Waals surface area contributed by atoms with Gasteiger partial charge in [0.15, 0.2) is 6.54 Å². The Morgan fingerprint density at radius 2 is 2.17 bits per heavy atom. The van der Waals surface area contributed by atoms with E-state index in [2.05, 4.69) is 5.10 Å². The second-order valence-electron chi connectivity index (χ2n) is 3.44. The average molecular weight is 352 g/mol. The van der Waals surface area contributed by atoms with E-state index in [-0.39, 0.29) is 29.3 Å². The van der Waals surface area contributed by atoms with Crippen molar-refractivity contribution in [3.63, 3.8) is 0 Å². The number of Topliss-reactive ketones (excluding diaryl/α,β-unsaturated/α-hetero) is 1. The molecule has 1 aromatic heterocycles. The lowest BCUT2D eigenvalue weighted by Gasteiger charge is -2.01. The van der Waals surface area contributed by atoms with Crippen molar-refractivity contribution in [1.82, 2.24) is 9.78 Å². The first kappa shape index (κ1) is 14.9. The quantitative estimate of drug-likeness (QED) is 0.398. The maximum atomic E-state index is 11.9. The lowest BCUT2D eigenvalue weighted by Crippen LogP contribution is -3.00. The first-order valence-corrected chi connectivity index (χ1v) is 5.49. The number of hydrogen-bond acceptors (Lipinski definition) is 3. The van der Waals surface area contributed by atoms with Crippen LogP contribution in [0.15, 0.2) is 30.9 Å². The van der Waals surface area contributed by atoms with Gasteiger partial charge in [-0.1, -0.05) is 23.2 Å². The highest BCUT2D eigenvalue weighted by Crippen LogP contribution is 2.21. The predicted octanol–water partition coefficient (Wildman–Crippen LogP) is -1.92. The van der Waals surface area contributed by atoms with Crippen molar-refractivity contribution in [3.8, 4) is 0 Å². The van der Waals surface area contributed by atoms with E-state index in [1.807, 2.05) is 0 Å². The van der Waals surface area contributed by atoms with Crippen molar-refractivity contribution in [2.24, 2.45) is 0 Å². The van der Waals surface area contributed by atoms with Crippen LogP contribution in [0.5, 0.6) is 0 Å². The Morgan fingerprint density at radius 3 is 2.72 bits per heavy atom. The molecule has 0 amide bonds. The Kier molecular flexibility index (Phi) is 5.13. The van der Waals surface area contributed by atoms with E-state index in [4.69, 9.17) is 29.0 Å². The van der Waals surface area contributed by atoms with E-state index in [1.165, 1.54) is 28.1 Å². The van der Waals surface area contributed by atoms with Crippen molar-refractivity contribution in [2.45, 2.75) is 6.54 Å². The third-order valence-electron chi connectivity index (χ3n) is 2.14. The fraction of sp³-hybridized carbons (Fsp3) is 0.100. The highest BCUT2D eigenvalue weighted by Gasteiger charge is 2.15. The molecule has 5 nitrogen and oxygen atoms in total. The number of carbonyl (C=O) groups is 1. The number of nitrogen functional groups attached to an aromatic ring is 1. The topological polar surface area (TPSA) is 64.8 Å². The van der Waals surface area contributed by atoms with Gasteiger partial charge in [0, 0.05) is 15.7 Å². The number of carbonyl (C=O) groups excluding carboxylic acids is 1. The van der Waals surface area contributed by atoms with Crippen molar-refractivity contribution >= 4 is 29.0 Å². The molecule has 1 heterocycles. The van der Waals surface area contributed by atoms with Gasteiger partial charge in [-0.25, -0.2) is 0 Å². The highest BCUT2D eigenvalue weighted by molar-refractivity contribution is 6.36. The molecule has 0 aliphatic carbocycles. The van der Waals surface area contributed by atoms with Gasteiger partial charge in [0.1, 0.15) is 0 Å².